The van der Waals surface area contributed by atoms with Gasteiger partial charge in [0.25, 0.3) is 5.91 Å². The van der Waals surface area contributed by atoms with Crippen LogP contribution in [0.2, 0.25) is 5.15 Å². The molecule has 0 bridgehead atoms. The van der Waals surface area contributed by atoms with Crippen LogP contribution >= 0.6 is 11.6 Å². The summed E-state index contributed by atoms with van der Waals surface area (Å²) >= 11 is 5.66. The second-order valence-electron chi connectivity index (χ2n) is 4.46. The van der Waals surface area contributed by atoms with Crippen LogP contribution in [-0.4, -0.2) is 34.4 Å². The third-order valence-corrected chi connectivity index (χ3v) is 3.04. The highest BCUT2D eigenvalue weighted by atomic mass is 35.5. The predicted octanol–water partition coefficient (Wildman–Crippen LogP) is 2.80. The molecule has 5 nitrogen and oxygen atoms in total. The van der Waals surface area contributed by atoms with Crippen LogP contribution < -0.4 is 4.74 Å². The number of nitrogens with zero attached hydrogens (tertiary/aromatic N) is 3. The summed E-state index contributed by atoms with van der Waals surface area (Å²) in [5.74, 6) is 0.617. The molecule has 110 valence electrons. The molecule has 0 radical (unpaired) electrons. The van der Waals surface area contributed by atoms with Crippen LogP contribution in [-0.2, 0) is 6.54 Å². The molecule has 0 spiro atoms. The molecule has 0 unspecified atom stereocenters. The Balaban J connectivity index is 2.01. The molecule has 1 aromatic heterocycles. The van der Waals surface area contributed by atoms with Crippen molar-refractivity contribution in [3.8, 4) is 5.75 Å². The van der Waals surface area contributed by atoms with Gasteiger partial charge in [-0.3, -0.25) is 4.79 Å². The number of carbonyl (C=O) groups is 1. The summed E-state index contributed by atoms with van der Waals surface area (Å²) in [7, 11) is 1.72. The zero-order valence-electron chi connectivity index (χ0n) is 11.9. The molecule has 1 amide bonds. The lowest BCUT2D eigenvalue weighted by Crippen LogP contribution is -2.27. The standard InChI is InChI=1S/C15H16ClN3O2/c1-3-21-12-6-4-11(5-7-12)10-19(2)15(20)13-8-18-14(16)9-17-13/h4-9H,3,10H2,1-2H3. The van der Waals surface area contributed by atoms with Crippen LogP contribution in [0.5, 0.6) is 5.75 Å². The van der Waals surface area contributed by atoms with Gasteiger partial charge in [-0.15, -0.1) is 0 Å². The van der Waals surface area contributed by atoms with Crippen molar-refractivity contribution in [3.05, 3.63) is 53.1 Å². The molecule has 0 saturated carbocycles. The summed E-state index contributed by atoms with van der Waals surface area (Å²) in [6.07, 6.45) is 2.73. The molecular formula is C15H16ClN3O2. The van der Waals surface area contributed by atoms with E-state index in [1.807, 2.05) is 31.2 Å². The van der Waals surface area contributed by atoms with Gasteiger partial charge in [0.1, 0.15) is 16.6 Å². The third kappa shape index (κ3) is 4.16. The maximum atomic E-state index is 12.2. The Hall–Kier alpha value is -2.14. The Morgan fingerprint density at radius 2 is 1.95 bits per heavy atom. The maximum absolute atomic E-state index is 12.2. The molecule has 1 heterocycles. The van der Waals surface area contributed by atoms with Crippen LogP contribution in [0.15, 0.2) is 36.7 Å². The smallest absolute Gasteiger partial charge is 0.274 e. The number of ether oxygens (including phenoxy) is 1. The van der Waals surface area contributed by atoms with Gasteiger partial charge in [-0.2, -0.15) is 0 Å². The maximum Gasteiger partial charge on any atom is 0.274 e. The van der Waals surface area contributed by atoms with Gasteiger partial charge in [-0.25, -0.2) is 9.97 Å². The fourth-order valence-electron chi connectivity index (χ4n) is 1.82. The number of carbonyl (C=O) groups excluding carboxylic acids is 1. The van der Waals surface area contributed by atoms with Gasteiger partial charge in [0.2, 0.25) is 0 Å². The molecular weight excluding hydrogens is 290 g/mol. The lowest BCUT2D eigenvalue weighted by Gasteiger charge is -2.16. The number of halogens is 1. The Morgan fingerprint density at radius 1 is 1.24 bits per heavy atom. The van der Waals surface area contributed by atoms with Crippen molar-refractivity contribution < 1.29 is 9.53 Å². The Bertz CT molecular complexity index is 599. The average Bonchev–Trinajstić information content (AvgIpc) is 2.49. The first-order valence-corrected chi connectivity index (χ1v) is 6.92. The molecule has 0 N–H and O–H groups in total. The van der Waals surface area contributed by atoms with E-state index in [0.717, 1.165) is 11.3 Å². The van der Waals surface area contributed by atoms with E-state index in [2.05, 4.69) is 9.97 Å². The van der Waals surface area contributed by atoms with E-state index in [1.165, 1.54) is 12.4 Å². The van der Waals surface area contributed by atoms with Gasteiger partial charge in [-0.1, -0.05) is 23.7 Å². The van der Waals surface area contributed by atoms with Crippen molar-refractivity contribution in [2.24, 2.45) is 0 Å². The molecule has 0 saturated heterocycles. The number of benzene rings is 1. The number of rotatable bonds is 5. The Labute approximate surface area is 128 Å². The number of hydrogen-bond donors (Lipinski definition) is 0. The second-order valence-corrected chi connectivity index (χ2v) is 4.85. The largest absolute Gasteiger partial charge is 0.494 e. The highest BCUT2D eigenvalue weighted by Gasteiger charge is 2.13. The first-order chi connectivity index (χ1) is 10.1. The zero-order valence-corrected chi connectivity index (χ0v) is 12.7. The molecule has 0 fully saturated rings. The fourth-order valence-corrected chi connectivity index (χ4v) is 1.92. The normalized spacial score (nSPS) is 10.2. The van der Waals surface area contributed by atoms with Gasteiger partial charge < -0.3 is 9.64 Å². The van der Waals surface area contributed by atoms with Crippen molar-refractivity contribution in [1.82, 2.24) is 14.9 Å². The van der Waals surface area contributed by atoms with Gasteiger partial charge in [0.15, 0.2) is 0 Å². The molecule has 0 aliphatic heterocycles. The molecule has 2 aromatic rings. The lowest BCUT2D eigenvalue weighted by molar-refractivity contribution is 0.0779. The molecule has 0 aliphatic carbocycles. The van der Waals surface area contributed by atoms with Crippen LogP contribution in [0.3, 0.4) is 0 Å². The quantitative estimate of drug-likeness (QED) is 0.852. The Morgan fingerprint density at radius 3 is 2.52 bits per heavy atom. The minimum atomic E-state index is -0.201. The van der Waals surface area contributed by atoms with Gasteiger partial charge in [0.05, 0.1) is 19.0 Å². The highest BCUT2D eigenvalue weighted by Crippen LogP contribution is 2.14. The molecule has 1 aromatic carbocycles. The average molecular weight is 306 g/mol. The summed E-state index contributed by atoms with van der Waals surface area (Å²) in [5, 5.41) is 0.265. The minimum absolute atomic E-state index is 0.201. The SMILES string of the molecule is CCOc1ccc(CN(C)C(=O)c2cnc(Cl)cn2)cc1. The van der Waals surface area contributed by atoms with E-state index in [0.29, 0.717) is 13.2 Å². The molecule has 21 heavy (non-hydrogen) atoms. The van der Waals surface area contributed by atoms with Crippen LogP contribution in [0, 0.1) is 0 Å². The van der Waals surface area contributed by atoms with Gasteiger partial charge in [-0.05, 0) is 24.6 Å². The topological polar surface area (TPSA) is 55.3 Å². The van der Waals surface area contributed by atoms with Crippen LogP contribution in [0.4, 0.5) is 0 Å². The van der Waals surface area contributed by atoms with E-state index in [-0.39, 0.29) is 16.8 Å². The first-order valence-electron chi connectivity index (χ1n) is 6.55. The Kier molecular flexibility index (Phi) is 5.11. The van der Waals surface area contributed by atoms with Crippen LogP contribution in [0.25, 0.3) is 0 Å². The van der Waals surface area contributed by atoms with E-state index < -0.39 is 0 Å². The minimum Gasteiger partial charge on any atom is -0.494 e. The summed E-state index contributed by atoms with van der Waals surface area (Å²) in [6, 6.07) is 7.64. The summed E-state index contributed by atoms with van der Waals surface area (Å²) in [4.78, 5) is 21.6. The molecule has 2 rings (SSSR count). The zero-order chi connectivity index (χ0) is 15.2. The fraction of sp³-hybridized carbons (Fsp3) is 0.267. The van der Waals surface area contributed by atoms with Gasteiger partial charge in [0, 0.05) is 13.6 Å². The number of amides is 1. The third-order valence-electron chi connectivity index (χ3n) is 2.84. The van der Waals surface area contributed by atoms with Crippen molar-refractivity contribution in [1.29, 1.82) is 0 Å². The lowest BCUT2D eigenvalue weighted by atomic mass is 10.2. The van der Waals surface area contributed by atoms with Crippen molar-refractivity contribution in [3.63, 3.8) is 0 Å². The summed E-state index contributed by atoms with van der Waals surface area (Å²) in [6.45, 7) is 3.05. The van der Waals surface area contributed by atoms with Crippen LogP contribution in [0.1, 0.15) is 23.0 Å². The van der Waals surface area contributed by atoms with Crippen molar-refractivity contribution >= 4 is 17.5 Å². The highest BCUT2D eigenvalue weighted by molar-refractivity contribution is 6.29. The molecule has 6 heteroatoms. The monoisotopic (exact) mass is 305 g/mol. The number of aromatic nitrogens is 2. The van der Waals surface area contributed by atoms with Crippen molar-refractivity contribution in [2.75, 3.05) is 13.7 Å². The molecule has 0 aliphatic rings. The van der Waals surface area contributed by atoms with E-state index in [9.17, 15) is 4.79 Å². The summed E-state index contributed by atoms with van der Waals surface area (Å²) < 4.78 is 5.38. The second kappa shape index (κ2) is 7.04. The van der Waals surface area contributed by atoms with E-state index >= 15 is 0 Å². The summed E-state index contributed by atoms with van der Waals surface area (Å²) in [5.41, 5.74) is 1.28. The van der Waals surface area contributed by atoms with Crippen molar-refractivity contribution in [2.45, 2.75) is 13.5 Å². The molecule has 0 atom stereocenters. The van der Waals surface area contributed by atoms with Gasteiger partial charge >= 0.3 is 0 Å². The first kappa shape index (κ1) is 15.3. The van der Waals surface area contributed by atoms with E-state index in [1.54, 1.807) is 11.9 Å². The number of hydrogen-bond acceptors (Lipinski definition) is 4. The predicted molar refractivity (Wildman–Crippen MR) is 80.5 cm³/mol. The van der Waals surface area contributed by atoms with E-state index in [4.69, 9.17) is 16.3 Å².